The second-order valence-electron chi connectivity index (χ2n) is 7.12. The van der Waals surface area contributed by atoms with E-state index in [9.17, 15) is 9.59 Å². The topological polar surface area (TPSA) is 77.3 Å². The van der Waals surface area contributed by atoms with Crippen LogP contribution in [-0.4, -0.2) is 52.0 Å². The van der Waals surface area contributed by atoms with Crippen molar-refractivity contribution in [2.24, 2.45) is 5.92 Å². The van der Waals surface area contributed by atoms with Crippen LogP contribution in [0.2, 0.25) is 0 Å². The number of carbonyl (C=O) groups excluding carboxylic acids is 2. The Bertz CT molecular complexity index is 1010. The van der Waals surface area contributed by atoms with Gasteiger partial charge >= 0.3 is 5.97 Å². The third-order valence-corrected chi connectivity index (χ3v) is 5.08. The number of esters is 1. The minimum atomic E-state index is -0.417. The number of hydrogen-bond acceptors (Lipinski definition) is 5. The molecule has 1 atom stereocenters. The van der Waals surface area contributed by atoms with Gasteiger partial charge < -0.3 is 9.64 Å². The Morgan fingerprint density at radius 2 is 1.70 bits per heavy atom. The molecule has 3 aromatic rings. The molecule has 1 unspecified atom stereocenters. The van der Waals surface area contributed by atoms with Gasteiger partial charge in [0.25, 0.3) is 5.91 Å². The second kappa shape index (κ2) is 9.35. The molecule has 7 heteroatoms. The van der Waals surface area contributed by atoms with E-state index in [1.807, 2.05) is 56.3 Å². The van der Waals surface area contributed by atoms with Gasteiger partial charge in [-0.2, -0.15) is 0 Å². The SMILES string of the molecule is CCN(CC(C)C(=O)OC)C(=O)c1nnn(-c2ccc(-c3ccccc3)cc2)c1C. The molecule has 2 aromatic carbocycles. The summed E-state index contributed by atoms with van der Waals surface area (Å²) in [4.78, 5) is 26.3. The number of methoxy groups -OCH3 is 1. The summed E-state index contributed by atoms with van der Waals surface area (Å²) in [6, 6.07) is 18.0. The fourth-order valence-electron chi connectivity index (χ4n) is 3.31. The Hall–Kier alpha value is -3.48. The minimum Gasteiger partial charge on any atom is -0.469 e. The largest absolute Gasteiger partial charge is 0.469 e. The van der Waals surface area contributed by atoms with Crippen LogP contribution in [0.15, 0.2) is 54.6 Å². The first-order chi connectivity index (χ1) is 14.5. The van der Waals surface area contributed by atoms with Crippen LogP contribution >= 0.6 is 0 Å². The van der Waals surface area contributed by atoms with Crippen molar-refractivity contribution in [3.8, 4) is 16.8 Å². The molecule has 30 heavy (non-hydrogen) atoms. The normalized spacial score (nSPS) is 11.7. The molecule has 1 aromatic heterocycles. The van der Waals surface area contributed by atoms with E-state index in [2.05, 4.69) is 22.4 Å². The zero-order valence-electron chi connectivity index (χ0n) is 17.7. The highest BCUT2D eigenvalue weighted by atomic mass is 16.5. The number of nitrogens with zero attached hydrogens (tertiary/aromatic N) is 4. The molecule has 0 fully saturated rings. The summed E-state index contributed by atoms with van der Waals surface area (Å²) in [6.45, 7) is 6.14. The zero-order valence-corrected chi connectivity index (χ0v) is 17.7. The van der Waals surface area contributed by atoms with Crippen LogP contribution in [0.25, 0.3) is 16.8 Å². The highest BCUT2D eigenvalue weighted by molar-refractivity contribution is 5.93. The summed E-state index contributed by atoms with van der Waals surface area (Å²) in [5.74, 6) is -1.02. The second-order valence-corrected chi connectivity index (χ2v) is 7.12. The molecule has 0 saturated heterocycles. The molecule has 0 radical (unpaired) electrons. The molecule has 0 aliphatic heterocycles. The molecule has 156 valence electrons. The third kappa shape index (κ3) is 4.40. The maximum atomic E-state index is 13.0. The van der Waals surface area contributed by atoms with Gasteiger partial charge in [0.1, 0.15) is 0 Å². The number of hydrogen-bond donors (Lipinski definition) is 0. The van der Waals surface area contributed by atoms with Crippen LogP contribution in [0.1, 0.15) is 30.0 Å². The molecule has 0 saturated carbocycles. The molecular weight excluding hydrogens is 380 g/mol. The first kappa shape index (κ1) is 21.2. The predicted molar refractivity (Wildman–Crippen MR) is 114 cm³/mol. The van der Waals surface area contributed by atoms with Gasteiger partial charge in [0, 0.05) is 13.1 Å². The molecule has 3 rings (SSSR count). The van der Waals surface area contributed by atoms with Crippen LogP contribution in [0.3, 0.4) is 0 Å². The fraction of sp³-hybridized carbons (Fsp3) is 0.304. The van der Waals surface area contributed by atoms with E-state index in [1.54, 1.807) is 16.5 Å². The van der Waals surface area contributed by atoms with Crippen LogP contribution in [0.5, 0.6) is 0 Å². The van der Waals surface area contributed by atoms with Crippen LogP contribution in [0.4, 0.5) is 0 Å². The van der Waals surface area contributed by atoms with Crippen molar-refractivity contribution in [3.63, 3.8) is 0 Å². The first-order valence-electron chi connectivity index (χ1n) is 9.91. The lowest BCUT2D eigenvalue weighted by Crippen LogP contribution is -2.37. The molecule has 0 aliphatic carbocycles. The fourth-order valence-corrected chi connectivity index (χ4v) is 3.31. The van der Waals surface area contributed by atoms with Gasteiger partial charge in [0.05, 0.1) is 24.4 Å². The van der Waals surface area contributed by atoms with Crippen LogP contribution in [0, 0.1) is 12.8 Å². The lowest BCUT2D eigenvalue weighted by Gasteiger charge is -2.22. The Morgan fingerprint density at radius 1 is 1.07 bits per heavy atom. The zero-order chi connectivity index (χ0) is 21.7. The summed E-state index contributed by atoms with van der Waals surface area (Å²) < 4.78 is 6.41. The quantitative estimate of drug-likeness (QED) is 0.561. The Morgan fingerprint density at radius 3 is 2.30 bits per heavy atom. The summed E-state index contributed by atoms with van der Waals surface area (Å²) in [5, 5.41) is 8.30. The Balaban J connectivity index is 1.81. The van der Waals surface area contributed by atoms with E-state index in [-0.39, 0.29) is 24.1 Å². The summed E-state index contributed by atoms with van der Waals surface area (Å²) >= 11 is 0. The van der Waals surface area contributed by atoms with Gasteiger partial charge in [-0.1, -0.05) is 54.6 Å². The average molecular weight is 406 g/mol. The van der Waals surface area contributed by atoms with Crippen molar-refractivity contribution >= 4 is 11.9 Å². The molecular formula is C23H26N4O3. The monoisotopic (exact) mass is 406 g/mol. The maximum absolute atomic E-state index is 13.0. The number of amides is 1. The summed E-state index contributed by atoms with van der Waals surface area (Å²) in [6.07, 6.45) is 0. The third-order valence-electron chi connectivity index (χ3n) is 5.08. The summed E-state index contributed by atoms with van der Waals surface area (Å²) in [7, 11) is 1.34. The molecule has 0 N–H and O–H groups in total. The Labute approximate surface area is 176 Å². The molecule has 0 spiro atoms. The van der Waals surface area contributed by atoms with Gasteiger partial charge in [-0.25, -0.2) is 4.68 Å². The van der Waals surface area contributed by atoms with E-state index < -0.39 is 5.92 Å². The number of rotatable bonds is 7. The van der Waals surface area contributed by atoms with Crippen LogP contribution < -0.4 is 0 Å². The molecule has 0 bridgehead atoms. The van der Waals surface area contributed by atoms with Gasteiger partial charge in [0.2, 0.25) is 0 Å². The Kier molecular flexibility index (Phi) is 6.61. The van der Waals surface area contributed by atoms with E-state index in [1.165, 1.54) is 7.11 Å². The molecule has 7 nitrogen and oxygen atoms in total. The highest BCUT2D eigenvalue weighted by Gasteiger charge is 2.25. The van der Waals surface area contributed by atoms with Gasteiger partial charge in [-0.3, -0.25) is 9.59 Å². The lowest BCUT2D eigenvalue weighted by molar-refractivity contribution is -0.145. The average Bonchev–Trinajstić information content (AvgIpc) is 3.18. The van der Waals surface area contributed by atoms with E-state index in [0.717, 1.165) is 16.8 Å². The van der Waals surface area contributed by atoms with E-state index in [4.69, 9.17) is 4.74 Å². The van der Waals surface area contributed by atoms with Crippen molar-refractivity contribution in [2.75, 3.05) is 20.2 Å². The smallest absolute Gasteiger partial charge is 0.310 e. The number of benzene rings is 2. The number of carbonyl (C=O) groups is 2. The van der Waals surface area contributed by atoms with Crippen molar-refractivity contribution < 1.29 is 14.3 Å². The van der Waals surface area contributed by atoms with Crippen molar-refractivity contribution in [1.29, 1.82) is 0 Å². The van der Waals surface area contributed by atoms with E-state index in [0.29, 0.717) is 12.2 Å². The number of ether oxygens (including phenoxy) is 1. The maximum Gasteiger partial charge on any atom is 0.310 e. The standard InChI is InChI=1S/C23H26N4O3/c1-5-26(15-16(2)23(29)30-4)22(28)21-17(3)27(25-24-21)20-13-11-19(12-14-20)18-9-7-6-8-10-18/h6-14,16H,5,15H2,1-4H3. The van der Waals surface area contributed by atoms with Gasteiger partial charge in [0.15, 0.2) is 5.69 Å². The highest BCUT2D eigenvalue weighted by Crippen LogP contribution is 2.21. The predicted octanol–water partition coefficient (Wildman–Crippen LogP) is 3.51. The minimum absolute atomic E-state index is 0.252. The van der Waals surface area contributed by atoms with Gasteiger partial charge in [-0.15, -0.1) is 5.10 Å². The molecule has 1 amide bonds. The van der Waals surface area contributed by atoms with E-state index >= 15 is 0 Å². The first-order valence-corrected chi connectivity index (χ1v) is 9.91. The van der Waals surface area contributed by atoms with Crippen molar-refractivity contribution in [2.45, 2.75) is 20.8 Å². The van der Waals surface area contributed by atoms with Crippen molar-refractivity contribution in [3.05, 3.63) is 66.0 Å². The lowest BCUT2D eigenvalue weighted by atomic mass is 10.1. The van der Waals surface area contributed by atoms with Gasteiger partial charge in [-0.05, 0) is 37.1 Å². The molecule has 1 heterocycles. The van der Waals surface area contributed by atoms with Crippen LogP contribution in [-0.2, 0) is 9.53 Å². The number of aromatic nitrogens is 3. The van der Waals surface area contributed by atoms with Crippen molar-refractivity contribution in [1.82, 2.24) is 19.9 Å². The summed E-state index contributed by atoms with van der Waals surface area (Å²) in [5.41, 5.74) is 3.98. The molecule has 0 aliphatic rings.